The molecule has 2 atom stereocenters. The summed E-state index contributed by atoms with van der Waals surface area (Å²) in [6.45, 7) is 4.77. The number of anilines is 1. The number of nitrogens with one attached hydrogen (secondary N) is 4. The van der Waals surface area contributed by atoms with E-state index in [-0.39, 0.29) is 36.9 Å². The summed E-state index contributed by atoms with van der Waals surface area (Å²) in [5.41, 5.74) is 11.2. The maximum Gasteiger partial charge on any atom is 0.248 e. The third-order valence-electron chi connectivity index (χ3n) is 4.59. The Morgan fingerprint density at radius 1 is 1.00 bits per heavy atom. The average molecular weight is 449 g/mol. The van der Waals surface area contributed by atoms with Crippen LogP contribution in [0.4, 0.5) is 5.69 Å². The molecule has 0 saturated heterocycles. The van der Waals surface area contributed by atoms with Gasteiger partial charge in [0.25, 0.3) is 0 Å². The average Bonchev–Trinajstić information content (AvgIpc) is 2.74. The van der Waals surface area contributed by atoms with Crippen molar-refractivity contribution >= 4 is 35.2 Å². The van der Waals surface area contributed by atoms with Crippen molar-refractivity contribution in [2.75, 3.05) is 18.4 Å². The molecule has 0 aliphatic rings. The first-order valence-electron chi connectivity index (χ1n) is 10.3. The standard InChI is InChI=1S/C21H32N6O5/c1-4-14(9-16(28)26-15-7-5-6-13(8-15)20(23)31)25-18(30)11-24-21(32)19(12(2)3)27-17(29)10-22/h5-8,12,14,19H,4,9-11,22H2,1-3H3,(H2,23,31)(H,24,32)(H,25,30)(H,26,28)(H,27,29). The lowest BCUT2D eigenvalue weighted by Gasteiger charge is -2.22. The first-order valence-corrected chi connectivity index (χ1v) is 10.3. The molecule has 1 rings (SSSR count). The normalized spacial score (nSPS) is 12.4. The largest absolute Gasteiger partial charge is 0.366 e. The van der Waals surface area contributed by atoms with Gasteiger partial charge in [-0.05, 0) is 30.5 Å². The van der Waals surface area contributed by atoms with Gasteiger partial charge in [0.15, 0.2) is 0 Å². The molecule has 11 heteroatoms. The fourth-order valence-corrected chi connectivity index (χ4v) is 2.81. The molecule has 0 aliphatic heterocycles. The van der Waals surface area contributed by atoms with Crippen LogP contribution in [0.1, 0.15) is 44.0 Å². The van der Waals surface area contributed by atoms with Crippen LogP contribution in [0.2, 0.25) is 0 Å². The van der Waals surface area contributed by atoms with Crippen LogP contribution in [-0.4, -0.2) is 54.7 Å². The van der Waals surface area contributed by atoms with Crippen LogP contribution in [-0.2, 0) is 19.2 Å². The summed E-state index contributed by atoms with van der Waals surface area (Å²) in [6, 6.07) is 4.93. The van der Waals surface area contributed by atoms with Crippen LogP contribution in [0.3, 0.4) is 0 Å². The minimum atomic E-state index is -0.817. The summed E-state index contributed by atoms with van der Waals surface area (Å²) >= 11 is 0. The number of nitrogens with two attached hydrogens (primary N) is 2. The molecule has 5 amide bonds. The fraction of sp³-hybridized carbons (Fsp3) is 0.476. The maximum absolute atomic E-state index is 12.3. The van der Waals surface area contributed by atoms with Gasteiger partial charge >= 0.3 is 0 Å². The summed E-state index contributed by atoms with van der Waals surface area (Å²) in [6.07, 6.45) is 0.480. The van der Waals surface area contributed by atoms with E-state index in [0.29, 0.717) is 12.1 Å². The number of carbonyl (C=O) groups excluding carboxylic acids is 5. The Bertz CT molecular complexity index is 842. The van der Waals surface area contributed by atoms with E-state index in [0.717, 1.165) is 0 Å². The van der Waals surface area contributed by atoms with Crippen LogP contribution >= 0.6 is 0 Å². The van der Waals surface area contributed by atoms with E-state index in [9.17, 15) is 24.0 Å². The molecule has 32 heavy (non-hydrogen) atoms. The quantitative estimate of drug-likeness (QED) is 0.243. The predicted molar refractivity (Wildman–Crippen MR) is 119 cm³/mol. The second kappa shape index (κ2) is 13.1. The molecule has 0 aromatic heterocycles. The molecule has 0 heterocycles. The lowest BCUT2D eigenvalue weighted by atomic mass is 10.0. The van der Waals surface area contributed by atoms with Gasteiger partial charge in [-0.25, -0.2) is 0 Å². The molecule has 0 bridgehead atoms. The van der Waals surface area contributed by atoms with Gasteiger partial charge in [0.05, 0.1) is 13.1 Å². The van der Waals surface area contributed by atoms with E-state index in [1.54, 1.807) is 26.0 Å². The van der Waals surface area contributed by atoms with Gasteiger partial charge in [0.1, 0.15) is 6.04 Å². The van der Waals surface area contributed by atoms with Crippen LogP contribution in [0, 0.1) is 5.92 Å². The highest BCUT2D eigenvalue weighted by Gasteiger charge is 2.24. The molecule has 11 nitrogen and oxygen atoms in total. The number of hydrogen-bond donors (Lipinski definition) is 6. The van der Waals surface area contributed by atoms with Crippen molar-refractivity contribution in [2.24, 2.45) is 17.4 Å². The van der Waals surface area contributed by atoms with Crippen LogP contribution < -0.4 is 32.7 Å². The predicted octanol–water partition coefficient (Wildman–Crippen LogP) is -0.775. The summed E-state index contributed by atoms with van der Waals surface area (Å²) in [5, 5.41) is 10.3. The zero-order valence-electron chi connectivity index (χ0n) is 18.6. The third-order valence-corrected chi connectivity index (χ3v) is 4.59. The second-order valence-corrected chi connectivity index (χ2v) is 7.58. The van der Waals surface area contributed by atoms with E-state index >= 15 is 0 Å². The molecule has 2 unspecified atom stereocenters. The molecule has 0 saturated carbocycles. The first kappa shape index (κ1) is 26.6. The summed E-state index contributed by atoms with van der Waals surface area (Å²) in [7, 11) is 0. The lowest BCUT2D eigenvalue weighted by molar-refractivity contribution is -0.131. The number of primary amides is 1. The minimum absolute atomic E-state index is 0.00182. The Balaban J connectivity index is 2.56. The Labute approximate surface area is 187 Å². The van der Waals surface area contributed by atoms with Crippen molar-refractivity contribution in [3.63, 3.8) is 0 Å². The first-order chi connectivity index (χ1) is 15.1. The van der Waals surface area contributed by atoms with Gasteiger partial charge < -0.3 is 32.7 Å². The van der Waals surface area contributed by atoms with Gasteiger partial charge in [-0.15, -0.1) is 0 Å². The van der Waals surface area contributed by atoms with Gasteiger partial charge in [-0.1, -0.05) is 26.8 Å². The fourth-order valence-electron chi connectivity index (χ4n) is 2.81. The Morgan fingerprint density at radius 3 is 2.25 bits per heavy atom. The van der Waals surface area contributed by atoms with Gasteiger partial charge in [-0.2, -0.15) is 0 Å². The number of rotatable bonds is 12. The molecular weight excluding hydrogens is 416 g/mol. The molecule has 1 aromatic rings. The van der Waals surface area contributed by atoms with Gasteiger partial charge in [-0.3, -0.25) is 24.0 Å². The van der Waals surface area contributed by atoms with Crippen LogP contribution in [0.5, 0.6) is 0 Å². The molecule has 1 aromatic carbocycles. The molecule has 0 aliphatic carbocycles. The molecule has 0 radical (unpaired) electrons. The van der Waals surface area contributed by atoms with Crippen molar-refractivity contribution in [3.05, 3.63) is 29.8 Å². The SMILES string of the molecule is CCC(CC(=O)Nc1cccc(C(N)=O)c1)NC(=O)CNC(=O)C(NC(=O)CN)C(C)C. The molecular formula is C21H32N6O5. The summed E-state index contributed by atoms with van der Waals surface area (Å²) in [4.78, 5) is 59.6. The van der Waals surface area contributed by atoms with Crippen molar-refractivity contribution in [1.29, 1.82) is 0 Å². The highest BCUT2D eigenvalue weighted by molar-refractivity contribution is 5.96. The minimum Gasteiger partial charge on any atom is -0.366 e. The van der Waals surface area contributed by atoms with E-state index in [1.165, 1.54) is 12.1 Å². The topological polar surface area (TPSA) is 186 Å². The zero-order valence-corrected chi connectivity index (χ0v) is 18.6. The zero-order chi connectivity index (χ0) is 24.3. The Morgan fingerprint density at radius 2 is 1.69 bits per heavy atom. The summed E-state index contributed by atoms with van der Waals surface area (Å²) in [5.74, 6) is -2.61. The van der Waals surface area contributed by atoms with E-state index < -0.39 is 35.7 Å². The van der Waals surface area contributed by atoms with Gasteiger partial charge in [0.2, 0.25) is 29.5 Å². The van der Waals surface area contributed by atoms with E-state index in [4.69, 9.17) is 11.5 Å². The molecule has 176 valence electrons. The highest BCUT2D eigenvalue weighted by Crippen LogP contribution is 2.11. The van der Waals surface area contributed by atoms with Crippen LogP contribution in [0.15, 0.2) is 24.3 Å². The number of benzene rings is 1. The van der Waals surface area contributed by atoms with Crippen molar-refractivity contribution in [3.8, 4) is 0 Å². The Kier molecular flexibility index (Phi) is 10.8. The lowest BCUT2D eigenvalue weighted by Crippen LogP contribution is -2.53. The highest BCUT2D eigenvalue weighted by atomic mass is 16.2. The van der Waals surface area contributed by atoms with Crippen molar-refractivity contribution in [2.45, 2.75) is 45.7 Å². The van der Waals surface area contributed by atoms with Crippen LogP contribution in [0.25, 0.3) is 0 Å². The van der Waals surface area contributed by atoms with E-state index in [1.807, 2.05) is 6.92 Å². The monoisotopic (exact) mass is 448 g/mol. The van der Waals surface area contributed by atoms with Crippen molar-refractivity contribution < 1.29 is 24.0 Å². The molecule has 0 fully saturated rings. The second-order valence-electron chi connectivity index (χ2n) is 7.58. The van der Waals surface area contributed by atoms with Gasteiger partial charge in [0, 0.05) is 23.7 Å². The molecule has 0 spiro atoms. The summed E-state index contributed by atoms with van der Waals surface area (Å²) < 4.78 is 0. The Hall–Kier alpha value is -3.47. The van der Waals surface area contributed by atoms with E-state index in [2.05, 4.69) is 21.3 Å². The smallest absolute Gasteiger partial charge is 0.248 e. The maximum atomic E-state index is 12.3. The number of carbonyl (C=O) groups is 5. The number of hydrogen-bond acceptors (Lipinski definition) is 6. The third kappa shape index (κ3) is 9.13. The molecule has 8 N–H and O–H groups in total. The van der Waals surface area contributed by atoms with Crippen molar-refractivity contribution in [1.82, 2.24) is 16.0 Å². The number of amides is 5.